The van der Waals surface area contributed by atoms with Gasteiger partial charge in [0.05, 0.1) is 28.8 Å². The Morgan fingerprint density at radius 1 is 1.04 bits per heavy atom. The molecule has 2 aromatic carbocycles. The molecule has 260 valence electrons. The monoisotopic (exact) mass is 724 g/mol. The zero-order chi connectivity index (χ0) is 35.4. The first kappa shape index (κ1) is 35.5. The van der Waals surface area contributed by atoms with E-state index in [1.807, 2.05) is 19.1 Å². The SMILES string of the molecule is CCn1ccc(C(CO)[C@]2(Cc3ccc(Cl)cn3)c3c(ccc(OCC4(O[Si](C)(C)C(C)(C)C)CC4)c3-c3ccc(Cl)cc3)C(=O)N2F)n1. The smallest absolute Gasteiger partial charge is 0.282 e. The van der Waals surface area contributed by atoms with Gasteiger partial charge in [-0.05, 0) is 85.9 Å². The first-order chi connectivity index (χ1) is 23.1. The molecule has 1 N–H and O–H groups in total. The summed E-state index contributed by atoms with van der Waals surface area (Å²) in [7, 11) is -2.11. The summed E-state index contributed by atoms with van der Waals surface area (Å²) in [5, 5.41) is 17.1. The maximum Gasteiger partial charge on any atom is 0.282 e. The Hall–Kier alpha value is -3.28. The van der Waals surface area contributed by atoms with Crippen molar-refractivity contribution in [1.29, 1.82) is 0 Å². The van der Waals surface area contributed by atoms with Gasteiger partial charge in [-0.15, -0.1) is 0 Å². The van der Waals surface area contributed by atoms with Gasteiger partial charge in [0.2, 0.25) is 0 Å². The highest BCUT2D eigenvalue weighted by atomic mass is 35.5. The zero-order valence-electron chi connectivity index (χ0n) is 28.8. The van der Waals surface area contributed by atoms with Crippen molar-refractivity contribution >= 4 is 37.4 Å². The van der Waals surface area contributed by atoms with E-state index < -0.39 is 37.9 Å². The van der Waals surface area contributed by atoms with Gasteiger partial charge in [0.1, 0.15) is 17.9 Å². The van der Waals surface area contributed by atoms with E-state index in [2.05, 4.69) is 38.8 Å². The summed E-state index contributed by atoms with van der Waals surface area (Å²) in [5.41, 5.74) is 0.498. The second-order valence-electron chi connectivity index (χ2n) is 14.7. The van der Waals surface area contributed by atoms with Gasteiger partial charge in [0.15, 0.2) is 8.32 Å². The van der Waals surface area contributed by atoms with Crippen LogP contribution in [-0.2, 0) is 22.9 Å². The molecule has 6 rings (SSSR count). The fourth-order valence-corrected chi connectivity index (χ4v) is 8.44. The van der Waals surface area contributed by atoms with Crippen molar-refractivity contribution < 1.29 is 23.5 Å². The Bertz CT molecular complexity index is 1840. The highest BCUT2D eigenvalue weighted by molar-refractivity contribution is 6.74. The summed E-state index contributed by atoms with van der Waals surface area (Å²) < 4.78 is 32.5. The number of aryl methyl sites for hydroxylation is 1. The Kier molecular flexibility index (Phi) is 9.51. The first-order valence-corrected chi connectivity index (χ1v) is 20.3. The Morgan fingerprint density at radius 3 is 2.31 bits per heavy atom. The van der Waals surface area contributed by atoms with Crippen molar-refractivity contribution in [2.75, 3.05) is 13.2 Å². The highest BCUT2D eigenvalue weighted by Gasteiger charge is 2.59. The van der Waals surface area contributed by atoms with Gasteiger partial charge in [0.25, 0.3) is 5.91 Å². The Morgan fingerprint density at radius 2 is 1.73 bits per heavy atom. The maximum absolute atomic E-state index is 17.2. The molecule has 3 heterocycles. The lowest BCUT2D eigenvalue weighted by atomic mass is 9.71. The molecule has 0 radical (unpaired) electrons. The number of carbonyl (C=O) groups is 1. The van der Waals surface area contributed by atoms with Gasteiger partial charge < -0.3 is 14.3 Å². The number of ether oxygens (including phenoxy) is 1. The molecule has 1 saturated carbocycles. The lowest BCUT2D eigenvalue weighted by Crippen LogP contribution is -2.47. The number of hydrogen-bond donors (Lipinski definition) is 1. The van der Waals surface area contributed by atoms with E-state index in [1.54, 1.807) is 53.3 Å². The molecule has 49 heavy (non-hydrogen) atoms. The van der Waals surface area contributed by atoms with Crippen molar-refractivity contribution in [2.45, 2.75) is 88.7 Å². The molecule has 4 aromatic rings. The van der Waals surface area contributed by atoms with Crippen LogP contribution >= 0.6 is 23.2 Å². The molecule has 8 nitrogen and oxygen atoms in total. The van der Waals surface area contributed by atoms with Gasteiger partial charge in [-0.2, -0.15) is 10.2 Å². The van der Waals surface area contributed by atoms with Gasteiger partial charge in [0, 0.05) is 52.8 Å². The van der Waals surface area contributed by atoms with Crippen molar-refractivity contribution in [3.8, 4) is 16.9 Å². The average molecular weight is 726 g/mol. The molecule has 12 heteroatoms. The van der Waals surface area contributed by atoms with Crippen molar-refractivity contribution in [1.82, 2.24) is 19.9 Å². The summed E-state index contributed by atoms with van der Waals surface area (Å²) in [6.45, 7) is 13.4. The quantitative estimate of drug-likeness (QED) is 0.116. The van der Waals surface area contributed by atoms with E-state index in [0.29, 0.717) is 57.0 Å². The lowest BCUT2D eigenvalue weighted by Gasteiger charge is -2.40. The molecule has 1 aliphatic carbocycles. The van der Waals surface area contributed by atoms with E-state index in [1.165, 1.54) is 6.20 Å². The van der Waals surface area contributed by atoms with Gasteiger partial charge in [-0.3, -0.25) is 14.5 Å². The molecule has 1 amide bonds. The first-order valence-electron chi connectivity index (χ1n) is 16.7. The Balaban J connectivity index is 1.56. The van der Waals surface area contributed by atoms with Crippen LogP contribution in [0.2, 0.25) is 28.2 Å². The average Bonchev–Trinajstić information content (AvgIpc) is 3.58. The number of benzene rings is 2. The second-order valence-corrected chi connectivity index (χ2v) is 20.3. The normalized spacial score (nSPS) is 19.2. The van der Waals surface area contributed by atoms with Gasteiger partial charge in [-0.25, -0.2) is 0 Å². The van der Waals surface area contributed by atoms with Crippen LogP contribution in [0.1, 0.15) is 73.8 Å². The van der Waals surface area contributed by atoms with Crippen molar-refractivity contribution in [3.05, 3.63) is 99.6 Å². The summed E-state index contributed by atoms with van der Waals surface area (Å²) in [5.74, 6) is -1.33. The van der Waals surface area contributed by atoms with Crippen LogP contribution in [0.3, 0.4) is 0 Å². The predicted octanol–water partition coefficient (Wildman–Crippen LogP) is 8.76. The van der Waals surface area contributed by atoms with Crippen molar-refractivity contribution in [3.63, 3.8) is 0 Å². The zero-order valence-corrected chi connectivity index (χ0v) is 31.3. The van der Waals surface area contributed by atoms with E-state index in [-0.39, 0.29) is 22.1 Å². The number of fused-ring (bicyclic) bond motifs is 1. The van der Waals surface area contributed by atoms with Crippen LogP contribution in [0.4, 0.5) is 4.48 Å². The fraction of sp³-hybridized carbons (Fsp3) is 0.432. The minimum atomic E-state index is -2.11. The largest absolute Gasteiger partial charge is 0.490 e. The summed E-state index contributed by atoms with van der Waals surface area (Å²) in [6.07, 6.45) is 4.93. The molecule has 0 bridgehead atoms. The molecule has 1 fully saturated rings. The van der Waals surface area contributed by atoms with Crippen LogP contribution in [-0.4, -0.2) is 58.0 Å². The van der Waals surface area contributed by atoms with Gasteiger partial charge >= 0.3 is 0 Å². The number of nitrogens with zero attached hydrogens (tertiary/aromatic N) is 4. The molecule has 1 unspecified atom stereocenters. The molecular weight excluding hydrogens is 682 g/mol. The topological polar surface area (TPSA) is 89.7 Å². The van der Waals surface area contributed by atoms with E-state index in [9.17, 15) is 9.90 Å². The number of aromatic nitrogens is 3. The molecule has 0 saturated heterocycles. The summed E-state index contributed by atoms with van der Waals surface area (Å²) in [6, 6.07) is 15.7. The third-order valence-corrected chi connectivity index (χ3v) is 15.4. The van der Waals surface area contributed by atoms with Crippen LogP contribution in [0.25, 0.3) is 11.1 Å². The molecule has 2 atom stereocenters. The van der Waals surface area contributed by atoms with E-state index in [4.69, 9.17) is 37.5 Å². The number of aliphatic hydroxyl groups is 1. The fourth-order valence-electron chi connectivity index (χ4n) is 6.55. The number of halogens is 3. The number of hydrogen-bond acceptors (Lipinski definition) is 6. The number of rotatable bonds is 12. The number of amides is 1. The molecule has 2 aliphatic rings. The minimum absolute atomic E-state index is 0.0228. The van der Waals surface area contributed by atoms with Crippen molar-refractivity contribution in [2.24, 2.45) is 0 Å². The molecular formula is C37H43Cl2FN4O4Si. The van der Waals surface area contributed by atoms with Crippen LogP contribution < -0.4 is 4.74 Å². The Labute approximate surface area is 298 Å². The van der Waals surface area contributed by atoms with E-state index >= 15 is 4.48 Å². The number of pyridine rings is 1. The third-order valence-electron chi connectivity index (χ3n) is 10.4. The van der Waals surface area contributed by atoms with E-state index in [0.717, 1.165) is 12.8 Å². The second kappa shape index (κ2) is 13.1. The third kappa shape index (κ3) is 6.54. The molecule has 0 spiro atoms. The number of aliphatic hydroxyl groups excluding tert-OH is 1. The molecule has 2 aromatic heterocycles. The minimum Gasteiger partial charge on any atom is -0.490 e. The number of carbonyl (C=O) groups excluding carboxylic acids is 1. The predicted molar refractivity (Wildman–Crippen MR) is 192 cm³/mol. The highest BCUT2D eigenvalue weighted by Crippen LogP contribution is 2.56. The van der Waals surface area contributed by atoms with Crippen LogP contribution in [0.15, 0.2) is 67.0 Å². The standard InChI is InChI=1S/C37H43Cl2FN4O4Si/c1-7-43-19-16-30(42-43)29(22-45)37(20-27-13-12-26(39)21-41-27)33-28(34(46)44(37)40)14-15-31(32(33)24-8-10-25(38)11-9-24)47-23-36(17-18-36)48-49(5,6)35(2,3)4/h8-16,19,21,29,45H,7,17-18,20,22-23H2,1-6H3/t29?,37-/m1/s1. The van der Waals surface area contributed by atoms with Gasteiger partial charge in [-0.1, -0.05) is 60.6 Å². The summed E-state index contributed by atoms with van der Waals surface area (Å²) in [4.78, 5) is 18.5. The van der Waals surface area contributed by atoms with Crippen LogP contribution in [0, 0.1) is 0 Å². The maximum atomic E-state index is 17.2. The summed E-state index contributed by atoms with van der Waals surface area (Å²) >= 11 is 12.5. The lowest BCUT2D eigenvalue weighted by molar-refractivity contribution is -0.0679. The molecule has 1 aliphatic heterocycles. The van der Waals surface area contributed by atoms with Crippen LogP contribution in [0.5, 0.6) is 5.75 Å².